The van der Waals surface area contributed by atoms with Gasteiger partial charge < -0.3 is 9.84 Å². The second-order valence-corrected chi connectivity index (χ2v) is 6.60. The molecule has 0 aromatic carbocycles. The number of anilines is 1. The van der Waals surface area contributed by atoms with Crippen LogP contribution in [0, 0.1) is 17.2 Å². The quantitative estimate of drug-likeness (QED) is 0.870. The summed E-state index contributed by atoms with van der Waals surface area (Å²) in [7, 11) is 0. The summed E-state index contributed by atoms with van der Waals surface area (Å²) < 4.78 is 5.36. The minimum absolute atomic E-state index is 0.532. The molecule has 24 heavy (non-hydrogen) atoms. The fourth-order valence-corrected chi connectivity index (χ4v) is 3.13. The van der Waals surface area contributed by atoms with E-state index in [0.29, 0.717) is 23.2 Å². The molecule has 0 spiro atoms. The second-order valence-electron chi connectivity index (χ2n) is 6.60. The highest BCUT2D eigenvalue weighted by Crippen LogP contribution is 2.38. The Bertz CT molecular complexity index is 748. The Morgan fingerprint density at radius 1 is 1.38 bits per heavy atom. The number of hydrogen-bond acceptors (Lipinski definition) is 7. The zero-order valence-corrected chi connectivity index (χ0v) is 13.5. The zero-order chi connectivity index (χ0) is 16.4. The lowest BCUT2D eigenvalue weighted by Gasteiger charge is -2.14. The molecule has 2 fully saturated rings. The predicted molar refractivity (Wildman–Crippen MR) is 87.1 cm³/mol. The molecule has 7 heteroatoms. The number of likely N-dealkylation sites (tertiary alicyclic amines) is 1. The van der Waals surface area contributed by atoms with E-state index in [4.69, 9.17) is 9.78 Å². The van der Waals surface area contributed by atoms with Crippen molar-refractivity contribution in [1.29, 1.82) is 5.26 Å². The highest BCUT2D eigenvalue weighted by molar-refractivity contribution is 5.51. The molecule has 1 unspecified atom stereocenters. The summed E-state index contributed by atoms with van der Waals surface area (Å²) in [6, 6.07) is 5.73. The molecule has 1 aliphatic heterocycles. The number of pyridine rings is 1. The zero-order valence-electron chi connectivity index (χ0n) is 13.5. The summed E-state index contributed by atoms with van der Waals surface area (Å²) in [5.41, 5.74) is 0.589. The van der Waals surface area contributed by atoms with Gasteiger partial charge in [-0.05, 0) is 43.9 Å². The summed E-state index contributed by atoms with van der Waals surface area (Å²) in [6.45, 7) is 3.56. The van der Waals surface area contributed by atoms with Crippen LogP contribution in [0.3, 0.4) is 0 Å². The molecule has 3 heterocycles. The maximum Gasteiger partial charge on any atom is 0.240 e. The summed E-state index contributed by atoms with van der Waals surface area (Å²) >= 11 is 0. The van der Waals surface area contributed by atoms with E-state index in [1.165, 1.54) is 12.8 Å². The van der Waals surface area contributed by atoms with Crippen LogP contribution in [0.1, 0.15) is 42.5 Å². The first kappa shape index (κ1) is 15.1. The molecule has 2 aromatic heterocycles. The largest absolute Gasteiger partial charge is 0.369 e. The van der Waals surface area contributed by atoms with Crippen LogP contribution in [-0.4, -0.2) is 39.7 Å². The second kappa shape index (κ2) is 6.57. The van der Waals surface area contributed by atoms with Crippen molar-refractivity contribution in [1.82, 2.24) is 20.0 Å². The Labute approximate surface area is 140 Å². The van der Waals surface area contributed by atoms with Gasteiger partial charge in [0.05, 0.1) is 12.1 Å². The predicted octanol–water partition coefficient (Wildman–Crippen LogP) is 2.15. The maximum absolute atomic E-state index is 9.10. The molecule has 1 N–H and O–H groups in total. The summed E-state index contributed by atoms with van der Waals surface area (Å²) in [5, 5.41) is 16.5. The molecule has 1 aliphatic carbocycles. The van der Waals surface area contributed by atoms with Crippen LogP contribution in [0.2, 0.25) is 0 Å². The Balaban J connectivity index is 1.27. The van der Waals surface area contributed by atoms with E-state index in [2.05, 4.69) is 31.4 Å². The lowest BCUT2D eigenvalue weighted by Crippen LogP contribution is -2.23. The normalized spacial score (nSPS) is 20.9. The number of rotatable bonds is 6. The van der Waals surface area contributed by atoms with E-state index in [0.717, 1.165) is 44.3 Å². The molecular formula is C17H20N6O. The third-order valence-electron chi connectivity index (χ3n) is 4.64. The topological polar surface area (TPSA) is 90.9 Å². The van der Waals surface area contributed by atoms with E-state index in [9.17, 15) is 0 Å². The average molecular weight is 324 g/mol. The van der Waals surface area contributed by atoms with Crippen molar-refractivity contribution in [3.63, 3.8) is 0 Å². The molecule has 2 aliphatic rings. The van der Waals surface area contributed by atoms with Crippen molar-refractivity contribution in [3.8, 4) is 6.07 Å². The first-order valence-electron chi connectivity index (χ1n) is 8.45. The van der Waals surface area contributed by atoms with Gasteiger partial charge >= 0.3 is 0 Å². The SMILES string of the molecule is N#Cc1cccnc1NCC1CCN(Cc2nc(C3CC3)no2)C1. The first-order chi connectivity index (χ1) is 11.8. The van der Waals surface area contributed by atoms with E-state index in [1.807, 2.05) is 0 Å². The maximum atomic E-state index is 9.10. The van der Waals surface area contributed by atoms with Crippen molar-refractivity contribution in [2.24, 2.45) is 5.92 Å². The van der Waals surface area contributed by atoms with Crippen molar-refractivity contribution >= 4 is 5.82 Å². The van der Waals surface area contributed by atoms with Crippen LogP contribution < -0.4 is 5.32 Å². The molecule has 1 saturated carbocycles. The molecule has 7 nitrogen and oxygen atoms in total. The number of nitrogens with zero attached hydrogens (tertiary/aromatic N) is 5. The van der Waals surface area contributed by atoms with E-state index < -0.39 is 0 Å². The fraction of sp³-hybridized carbons (Fsp3) is 0.529. The van der Waals surface area contributed by atoms with Gasteiger partial charge in [0.15, 0.2) is 5.82 Å². The molecule has 1 atom stereocenters. The van der Waals surface area contributed by atoms with E-state index in [-0.39, 0.29) is 0 Å². The van der Waals surface area contributed by atoms with Crippen LogP contribution >= 0.6 is 0 Å². The van der Waals surface area contributed by atoms with Crippen LogP contribution in [-0.2, 0) is 6.54 Å². The highest BCUT2D eigenvalue weighted by atomic mass is 16.5. The molecule has 0 amide bonds. The minimum atomic E-state index is 0.532. The lowest BCUT2D eigenvalue weighted by molar-refractivity contribution is 0.261. The van der Waals surface area contributed by atoms with Gasteiger partial charge in [-0.2, -0.15) is 10.2 Å². The molecule has 2 aromatic rings. The van der Waals surface area contributed by atoms with Gasteiger partial charge in [-0.3, -0.25) is 4.90 Å². The van der Waals surface area contributed by atoms with Crippen molar-refractivity contribution < 1.29 is 4.52 Å². The van der Waals surface area contributed by atoms with Gasteiger partial charge in [0.2, 0.25) is 5.89 Å². The van der Waals surface area contributed by atoms with Crippen LogP contribution in [0.25, 0.3) is 0 Å². The number of hydrogen-bond donors (Lipinski definition) is 1. The van der Waals surface area contributed by atoms with Gasteiger partial charge in [0.1, 0.15) is 11.9 Å². The number of aromatic nitrogens is 3. The van der Waals surface area contributed by atoms with Crippen molar-refractivity contribution in [2.75, 3.05) is 25.0 Å². The fourth-order valence-electron chi connectivity index (χ4n) is 3.13. The lowest BCUT2D eigenvalue weighted by atomic mass is 10.1. The Morgan fingerprint density at radius 3 is 3.12 bits per heavy atom. The van der Waals surface area contributed by atoms with Crippen LogP contribution in [0.4, 0.5) is 5.82 Å². The van der Waals surface area contributed by atoms with Gasteiger partial charge in [-0.25, -0.2) is 4.98 Å². The molecule has 0 bridgehead atoms. The number of nitrogens with one attached hydrogen (secondary N) is 1. The van der Waals surface area contributed by atoms with Crippen molar-refractivity contribution in [2.45, 2.75) is 31.7 Å². The highest BCUT2D eigenvalue weighted by Gasteiger charge is 2.30. The summed E-state index contributed by atoms with van der Waals surface area (Å²) in [4.78, 5) is 11.1. The van der Waals surface area contributed by atoms with Crippen LogP contribution in [0.5, 0.6) is 0 Å². The Hall–Kier alpha value is -2.46. The summed E-state index contributed by atoms with van der Waals surface area (Å²) in [5.74, 6) is 3.34. The van der Waals surface area contributed by atoms with Crippen LogP contribution in [0.15, 0.2) is 22.9 Å². The Kier molecular flexibility index (Phi) is 4.13. The smallest absolute Gasteiger partial charge is 0.240 e. The molecule has 1 saturated heterocycles. The summed E-state index contributed by atoms with van der Waals surface area (Å²) in [6.07, 6.45) is 5.20. The number of nitriles is 1. The standard InChI is InChI=1S/C17H20N6O/c18-8-14-2-1-6-19-16(14)20-9-12-5-7-23(10-12)11-15-21-17(22-24-15)13-3-4-13/h1-2,6,12-13H,3-5,7,9-11H2,(H,19,20). The molecule has 4 rings (SSSR count). The van der Waals surface area contributed by atoms with Gasteiger partial charge in [-0.15, -0.1) is 0 Å². The van der Waals surface area contributed by atoms with Gasteiger partial charge in [0.25, 0.3) is 0 Å². The minimum Gasteiger partial charge on any atom is -0.369 e. The third kappa shape index (κ3) is 3.39. The monoisotopic (exact) mass is 324 g/mol. The third-order valence-corrected chi connectivity index (χ3v) is 4.64. The molecule has 0 radical (unpaired) electrons. The molecule has 124 valence electrons. The average Bonchev–Trinajstić information content (AvgIpc) is 3.20. The van der Waals surface area contributed by atoms with E-state index in [1.54, 1.807) is 18.3 Å². The Morgan fingerprint density at radius 2 is 2.29 bits per heavy atom. The molecular weight excluding hydrogens is 304 g/mol. The van der Waals surface area contributed by atoms with E-state index >= 15 is 0 Å². The van der Waals surface area contributed by atoms with Gasteiger partial charge in [0, 0.05) is 25.2 Å². The first-order valence-corrected chi connectivity index (χ1v) is 8.45. The van der Waals surface area contributed by atoms with Gasteiger partial charge in [-0.1, -0.05) is 5.16 Å². The van der Waals surface area contributed by atoms with Crippen molar-refractivity contribution in [3.05, 3.63) is 35.6 Å².